The summed E-state index contributed by atoms with van der Waals surface area (Å²) in [5.74, 6) is 0.313. The van der Waals surface area contributed by atoms with Crippen molar-refractivity contribution in [1.82, 2.24) is 4.72 Å². The summed E-state index contributed by atoms with van der Waals surface area (Å²) in [5.41, 5.74) is 0.921. The van der Waals surface area contributed by atoms with E-state index in [2.05, 4.69) is 4.72 Å². The molecule has 0 saturated heterocycles. The highest BCUT2D eigenvalue weighted by atomic mass is 35.5. The van der Waals surface area contributed by atoms with Crippen LogP contribution in [-0.4, -0.2) is 29.2 Å². The van der Waals surface area contributed by atoms with Gasteiger partial charge in [0.05, 0.1) is 11.4 Å². The second kappa shape index (κ2) is 8.31. The van der Waals surface area contributed by atoms with E-state index in [-0.39, 0.29) is 11.4 Å². The van der Waals surface area contributed by atoms with Gasteiger partial charge in [0.15, 0.2) is 0 Å². The molecule has 1 N–H and O–H groups in total. The zero-order valence-electron chi connectivity index (χ0n) is 13.7. The lowest BCUT2D eigenvalue weighted by molar-refractivity contribution is 0.110. The first-order chi connectivity index (χ1) is 11.4. The Labute approximate surface area is 151 Å². The Kier molecular flexibility index (Phi) is 6.65. The molecule has 8 heteroatoms. The van der Waals surface area contributed by atoms with Crippen LogP contribution in [0.2, 0.25) is 4.34 Å². The molecule has 24 heavy (non-hydrogen) atoms. The quantitative estimate of drug-likeness (QED) is 0.748. The van der Waals surface area contributed by atoms with Crippen LogP contribution in [0.3, 0.4) is 0 Å². The standard InChI is InChI=1S/C16H20ClNO4S2/c1-4-11-5-6-12(21-2)15(9-11)24(19,20)18-10-13(22-3)14-7-8-16(17)23-14/h5-9,13,18H,4,10H2,1-3H3. The zero-order chi connectivity index (χ0) is 17.7. The molecule has 0 bridgehead atoms. The number of thiophene rings is 1. The third kappa shape index (κ3) is 4.49. The first-order valence-corrected chi connectivity index (χ1v) is 10.0. The van der Waals surface area contributed by atoms with Gasteiger partial charge in [0.25, 0.3) is 0 Å². The van der Waals surface area contributed by atoms with Crippen LogP contribution >= 0.6 is 22.9 Å². The Bertz CT molecular complexity index is 789. The summed E-state index contributed by atoms with van der Waals surface area (Å²) in [6.45, 7) is 2.07. The van der Waals surface area contributed by atoms with E-state index >= 15 is 0 Å². The minimum Gasteiger partial charge on any atom is -0.495 e. The minimum absolute atomic E-state index is 0.106. The van der Waals surface area contributed by atoms with E-state index in [0.717, 1.165) is 16.9 Å². The predicted octanol–water partition coefficient (Wildman–Crippen LogP) is 3.64. The summed E-state index contributed by atoms with van der Waals surface area (Å²) in [6.07, 6.45) is 0.332. The van der Waals surface area contributed by atoms with Gasteiger partial charge in [-0.1, -0.05) is 24.6 Å². The first-order valence-electron chi connectivity index (χ1n) is 7.35. The molecule has 1 heterocycles. The summed E-state index contributed by atoms with van der Waals surface area (Å²) >= 11 is 7.29. The number of hydrogen-bond donors (Lipinski definition) is 1. The summed E-state index contributed by atoms with van der Waals surface area (Å²) in [6, 6.07) is 8.73. The average molecular weight is 390 g/mol. The van der Waals surface area contributed by atoms with Gasteiger partial charge in [0.2, 0.25) is 10.0 Å². The Hall–Kier alpha value is -1.12. The highest BCUT2D eigenvalue weighted by molar-refractivity contribution is 7.89. The fourth-order valence-corrected chi connectivity index (χ4v) is 4.60. The van der Waals surface area contributed by atoms with Crippen LogP contribution in [-0.2, 0) is 21.2 Å². The molecule has 132 valence electrons. The van der Waals surface area contributed by atoms with Crippen molar-refractivity contribution in [2.45, 2.75) is 24.3 Å². The van der Waals surface area contributed by atoms with Crippen molar-refractivity contribution in [2.24, 2.45) is 0 Å². The van der Waals surface area contributed by atoms with E-state index in [4.69, 9.17) is 21.1 Å². The largest absolute Gasteiger partial charge is 0.495 e. The van der Waals surface area contributed by atoms with E-state index < -0.39 is 16.1 Å². The van der Waals surface area contributed by atoms with E-state index in [1.54, 1.807) is 18.2 Å². The lowest BCUT2D eigenvalue weighted by atomic mass is 10.2. The Morgan fingerprint density at radius 3 is 2.54 bits per heavy atom. The fraction of sp³-hybridized carbons (Fsp3) is 0.375. The van der Waals surface area contributed by atoms with Crippen molar-refractivity contribution in [3.63, 3.8) is 0 Å². The van der Waals surface area contributed by atoms with Crippen LogP contribution in [0.15, 0.2) is 35.2 Å². The van der Waals surface area contributed by atoms with Crippen LogP contribution < -0.4 is 9.46 Å². The number of nitrogens with one attached hydrogen (secondary N) is 1. The van der Waals surface area contributed by atoms with E-state index in [0.29, 0.717) is 10.1 Å². The Morgan fingerprint density at radius 1 is 1.25 bits per heavy atom. The topological polar surface area (TPSA) is 64.6 Å². The third-order valence-electron chi connectivity index (χ3n) is 3.58. The molecule has 0 aliphatic heterocycles. The van der Waals surface area contributed by atoms with Crippen molar-refractivity contribution in [3.05, 3.63) is 45.1 Å². The number of hydrogen-bond acceptors (Lipinski definition) is 5. The molecule has 0 aliphatic rings. The van der Waals surface area contributed by atoms with Gasteiger partial charge in [0.1, 0.15) is 16.7 Å². The highest BCUT2D eigenvalue weighted by Gasteiger charge is 2.22. The number of ether oxygens (including phenoxy) is 2. The van der Waals surface area contributed by atoms with E-state index in [1.165, 1.54) is 25.6 Å². The van der Waals surface area contributed by atoms with Crippen LogP contribution in [0.5, 0.6) is 5.75 Å². The predicted molar refractivity (Wildman–Crippen MR) is 96.6 cm³/mol. The van der Waals surface area contributed by atoms with Gasteiger partial charge in [-0.25, -0.2) is 13.1 Å². The van der Waals surface area contributed by atoms with Crippen LogP contribution in [0.25, 0.3) is 0 Å². The molecule has 5 nitrogen and oxygen atoms in total. The third-order valence-corrected chi connectivity index (χ3v) is 6.35. The van der Waals surface area contributed by atoms with Crippen molar-refractivity contribution < 1.29 is 17.9 Å². The van der Waals surface area contributed by atoms with Gasteiger partial charge in [-0.05, 0) is 36.2 Å². The van der Waals surface area contributed by atoms with E-state index in [9.17, 15) is 8.42 Å². The molecule has 0 fully saturated rings. The molecule has 1 atom stereocenters. The molecule has 2 aromatic rings. The highest BCUT2D eigenvalue weighted by Crippen LogP contribution is 2.29. The van der Waals surface area contributed by atoms with Crippen molar-refractivity contribution in [1.29, 1.82) is 0 Å². The number of rotatable bonds is 8. The lowest BCUT2D eigenvalue weighted by Crippen LogP contribution is -2.29. The zero-order valence-corrected chi connectivity index (χ0v) is 16.1. The second-order valence-electron chi connectivity index (χ2n) is 5.06. The summed E-state index contributed by atoms with van der Waals surface area (Å²) in [7, 11) is -0.743. The fourth-order valence-electron chi connectivity index (χ4n) is 2.22. The van der Waals surface area contributed by atoms with Gasteiger partial charge < -0.3 is 9.47 Å². The molecule has 2 rings (SSSR count). The second-order valence-corrected chi connectivity index (χ2v) is 8.54. The SMILES string of the molecule is CCc1ccc(OC)c(S(=O)(=O)NCC(OC)c2ccc(Cl)s2)c1. The number of benzene rings is 1. The van der Waals surface area contributed by atoms with Gasteiger partial charge in [0, 0.05) is 18.5 Å². The molecule has 1 aromatic carbocycles. The van der Waals surface area contributed by atoms with Gasteiger partial charge in [-0.2, -0.15) is 0 Å². The maximum absolute atomic E-state index is 12.7. The van der Waals surface area contributed by atoms with Crippen LogP contribution in [0.1, 0.15) is 23.5 Å². The summed E-state index contributed by atoms with van der Waals surface area (Å²) < 4.78 is 39.1. The van der Waals surface area contributed by atoms with Crippen molar-refractivity contribution >= 4 is 33.0 Å². The maximum Gasteiger partial charge on any atom is 0.244 e. The Balaban J connectivity index is 2.21. The lowest BCUT2D eigenvalue weighted by Gasteiger charge is -2.16. The number of halogens is 1. The van der Waals surface area contributed by atoms with Crippen molar-refractivity contribution in [3.8, 4) is 5.75 Å². The Morgan fingerprint density at radius 2 is 2.00 bits per heavy atom. The molecular weight excluding hydrogens is 370 g/mol. The molecule has 0 amide bonds. The minimum atomic E-state index is -3.73. The van der Waals surface area contributed by atoms with Crippen molar-refractivity contribution in [2.75, 3.05) is 20.8 Å². The first kappa shape index (κ1) is 19.2. The molecule has 0 spiro atoms. The summed E-state index contributed by atoms with van der Waals surface area (Å²) in [4.78, 5) is 0.989. The molecular formula is C16H20ClNO4S2. The number of sulfonamides is 1. The normalized spacial score (nSPS) is 13.0. The monoisotopic (exact) mass is 389 g/mol. The van der Waals surface area contributed by atoms with Gasteiger partial charge in [-0.15, -0.1) is 11.3 Å². The van der Waals surface area contributed by atoms with Crippen LogP contribution in [0, 0.1) is 0 Å². The van der Waals surface area contributed by atoms with E-state index in [1.807, 2.05) is 19.1 Å². The molecule has 0 aliphatic carbocycles. The molecule has 0 saturated carbocycles. The maximum atomic E-state index is 12.7. The number of aryl methyl sites for hydroxylation is 1. The molecule has 1 aromatic heterocycles. The van der Waals surface area contributed by atoms with Gasteiger partial charge in [-0.3, -0.25) is 0 Å². The smallest absolute Gasteiger partial charge is 0.244 e. The van der Waals surface area contributed by atoms with Gasteiger partial charge >= 0.3 is 0 Å². The molecule has 0 radical (unpaired) electrons. The summed E-state index contributed by atoms with van der Waals surface area (Å²) in [5, 5.41) is 0. The molecule has 1 unspecified atom stereocenters. The van der Waals surface area contributed by atoms with Crippen LogP contribution in [0.4, 0.5) is 0 Å². The average Bonchev–Trinajstić information content (AvgIpc) is 3.01. The number of methoxy groups -OCH3 is 2.